The summed E-state index contributed by atoms with van der Waals surface area (Å²) in [6.07, 6.45) is 2.04. The van der Waals surface area contributed by atoms with Crippen molar-refractivity contribution in [1.29, 1.82) is 0 Å². The van der Waals surface area contributed by atoms with Crippen molar-refractivity contribution in [3.63, 3.8) is 0 Å². The minimum Gasteiger partial charge on any atom is -0.351 e. The molecule has 2 aliphatic heterocycles. The van der Waals surface area contributed by atoms with E-state index in [0.29, 0.717) is 29.9 Å². The molecule has 2 aliphatic rings. The summed E-state index contributed by atoms with van der Waals surface area (Å²) in [6, 6.07) is 15.0. The van der Waals surface area contributed by atoms with Gasteiger partial charge in [-0.3, -0.25) is 19.3 Å². The summed E-state index contributed by atoms with van der Waals surface area (Å²) in [6.45, 7) is 3.98. The van der Waals surface area contributed by atoms with Crippen molar-refractivity contribution in [3.05, 3.63) is 84.2 Å². The Morgan fingerprint density at radius 3 is 2.58 bits per heavy atom. The Balaban J connectivity index is 1.36. The van der Waals surface area contributed by atoms with Crippen molar-refractivity contribution in [1.82, 2.24) is 15.5 Å². The van der Waals surface area contributed by atoms with Crippen LogP contribution in [0.1, 0.15) is 18.4 Å². The Kier molecular flexibility index (Phi) is 6.21. The van der Waals surface area contributed by atoms with E-state index in [1.165, 1.54) is 6.08 Å². The van der Waals surface area contributed by atoms with Gasteiger partial charge in [0.05, 0.1) is 0 Å². The lowest BCUT2D eigenvalue weighted by Crippen LogP contribution is -2.52. The zero-order valence-electron chi connectivity index (χ0n) is 17.8. The Bertz CT molecular complexity index is 1160. The smallest absolute Gasteiger partial charge is 0.319 e. The van der Waals surface area contributed by atoms with E-state index in [4.69, 9.17) is 0 Å². The summed E-state index contributed by atoms with van der Waals surface area (Å²) in [4.78, 5) is 50.6. The first-order valence-electron chi connectivity index (χ1n) is 10.4. The van der Waals surface area contributed by atoms with Gasteiger partial charge >= 0.3 is 6.03 Å². The molecule has 4 rings (SSSR count). The molecule has 9 heteroatoms. The number of nitrogens with one attached hydrogen (secondary N) is 4. The molecule has 0 spiro atoms. The maximum Gasteiger partial charge on any atom is 0.319 e. The predicted molar refractivity (Wildman–Crippen MR) is 123 cm³/mol. The van der Waals surface area contributed by atoms with E-state index in [-0.39, 0.29) is 18.3 Å². The molecule has 2 aromatic carbocycles. The summed E-state index contributed by atoms with van der Waals surface area (Å²) < 4.78 is 0. The molecule has 1 saturated heterocycles. The second kappa shape index (κ2) is 9.39. The van der Waals surface area contributed by atoms with Crippen LogP contribution < -0.4 is 21.3 Å². The average molecular weight is 445 g/mol. The minimum absolute atomic E-state index is 0.0872. The summed E-state index contributed by atoms with van der Waals surface area (Å²) in [5, 5.41) is 11.1. The molecule has 0 bridgehead atoms. The fourth-order valence-electron chi connectivity index (χ4n) is 3.67. The van der Waals surface area contributed by atoms with Crippen molar-refractivity contribution in [2.24, 2.45) is 0 Å². The molecule has 4 N–H and O–H groups in total. The van der Waals surface area contributed by atoms with Crippen molar-refractivity contribution in [2.75, 3.05) is 10.6 Å². The van der Waals surface area contributed by atoms with Crippen LogP contribution in [0.3, 0.4) is 0 Å². The quantitative estimate of drug-likeness (QED) is 0.509. The molecular formula is C24H23N5O4. The molecule has 9 nitrogen and oxygen atoms in total. The molecule has 1 atom stereocenters. The molecule has 2 aromatic rings. The van der Waals surface area contributed by atoms with Gasteiger partial charge in [-0.2, -0.15) is 0 Å². The van der Waals surface area contributed by atoms with E-state index in [0.717, 1.165) is 10.5 Å². The summed E-state index contributed by atoms with van der Waals surface area (Å²) in [5.41, 5.74) is 2.71. The van der Waals surface area contributed by atoms with Crippen LogP contribution in [0.5, 0.6) is 0 Å². The van der Waals surface area contributed by atoms with Crippen LogP contribution in [0.2, 0.25) is 0 Å². The first-order chi connectivity index (χ1) is 15.9. The van der Waals surface area contributed by atoms with Gasteiger partial charge in [0.25, 0.3) is 11.8 Å². The van der Waals surface area contributed by atoms with Crippen LogP contribution in [0.15, 0.2) is 78.6 Å². The van der Waals surface area contributed by atoms with Crippen molar-refractivity contribution < 1.29 is 19.2 Å². The molecular weight excluding hydrogens is 422 g/mol. The number of rotatable bonds is 6. The van der Waals surface area contributed by atoms with Gasteiger partial charge in [-0.15, -0.1) is 0 Å². The first kappa shape index (κ1) is 21.8. The first-order valence-corrected chi connectivity index (χ1v) is 10.4. The number of anilines is 2. The monoisotopic (exact) mass is 445 g/mol. The molecule has 0 radical (unpaired) electrons. The van der Waals surface area contributed by atoms with Gasteiger partial charge in [-0.05, 0) is 42.7 Å². The highest BCUT2D eigenvalue weighted by Gasteiger charge is 2.41. The predicted octanol–water partition coefficient (Wildman–Crippen LogP) is 2.47. The minimum atomic E-state index is -0.857. The number of para-hydroxylation sites is 1. The van der Waals surface area contributed by atoms with E-state index in [2.05, 4.69) is 27.8 Å². The van der Waals surface area contributed by atoms with Crippen molar-refractivity contribution in [3.8, 4) is 0 Å². The number of allylic oxidation sites excluding steroid dienone is 1. The number of urea groups is 1. The Hall–Kier alpha value is -4.40. The number of benzene rings is 2. The number of hydrogen-bond acceptors (Lipinski definition) is 5. The normalized spacial score (nSPS) is 18.0. The fraction of sp³-hybridized carbons (Fsp3) is 0.167. The third-order valence-electron chi connectivity index (χ3n) is 5.28. The van der Waals surface area contributed by atoms with E-state index < -0.39 is 23.8 Å². The lowest BCUT2D eigenvalue weighted by molar-refractivity contribution is -0.146. The SMILES string of the molecule is C=C1CCC(N2C(=O)C=C(Nc3cccc(CNC(=O)Nc4ccccc4)c3)C2=O)C(=O)N1. The number of imide groups is 1. The van der Waals surface area contributed by atoms with Crippen LogP contribution in [0.4, 0.5) is 16.2 Å². The lowest BCUT2D eigenvalue weighted by Gasteiger charge is -2.29. The number of carbonyl (C=O) groups is 4. The number of amides is 5. The van der Waals surface area contributed by atoms with Crippen molar-refractivity contribution >= 4 is 35.1 Å². The standard InChI is InChI=1S/C24H23N5O4/c1-15-10-11-20(22(31)26-15)29-21(30)13-19(23(29)32)27-18-9-5-6-16(12-18)14-25-24(33)28-17-7-3-2-4-8-17/h2-9,12-13,20,27H,1,10-11,14H2,(H,26,31)(H2,25,28,33). The highest BCUT2D eigenvalue weighted by Crippen LogP contribution is 2.24. The maximum absolute atomic E-state index is 12.8. The van der Waals surface area contributed by atoms with Gasteiger partial charge in [0.1, 0.15) is 11.7 Å². The molecule has 1 fully saturated rings. The third-order valence-corrected chi connectivity index (χ3v) is 5.28. The molecule has 2 heterocycles. The topological polar surface area (TPSA) is 120 Å². The molecule has 33 heavy (non-hydrogen) atoms. The van der Waals surface area contributed by atoms with Gasteiger partial charge in [0.2, 0.25) is 5.91 Å². The van der Waals surface area contributed by atoms with Crippen LogP contribution in [-0.4, -0.2) is 34.7 Å². The second-order valence-electron chi connectivity index (χ2n) is 7.72. The van der Waals surface area contributed by atoms with Gasteiger partial charge in [-0.25, -0.2) is 4.79 Å². The Labute approximate surface area is 190 Å². The van der Waals surface area contributed by atoms with E-state index >= 15 is 0 Å². The lowest BCUT2D eigenvalue weighted by atomic mass is 10.0. The summed E-state index contributed by atoms with van der Waals surface area (Å²) >= 11 is 0. The molecule has 5 amide bonds. The summed E-state index contributed by atoms with van der Waals surface area (Å²) in [7, 11) is 0. The fourth-order valence-corrected chi connectivity index (χ4v) is 3.67. The zero-order valence-corrected chi connectivity index (χ0v) is 17.8. The van der Waals surface area contributed by atoms with E-state index in [1.807, 2.05) is 24.3 Å². The molecule has 0 saturated carbocycles. The van der Waals surface area contributed by atoms with Crippen LogP contribution in [0, 0.1) is 0 Å². The van der Waals surface area contributed by atoms with E-state index in [9.17, 15) is 19.2 Å². The van der Waals surface area contributed by atoms with Gasteiger partial charge < -0.3 is 21.3 Å². The average Bonchev–Trinajstić information content (AvgIpc) is 3.06. The van der Waals surface area contributed by atoms with Crippen LogP contribution in [-0.2, 0) is 20.9 Å². The number of carbonyl (C=O) groups excluding carboxylic acids is 4. The Morgan fingerprint density at radius 2 is 1.82 bits per heavy atom. The molecule has 0 aromatic heterocycles. The van der Waals surface area contributed by atoms with Crippen LogP contribution in [0.25, 0.3) is 0 Å². The van der Waals surface area contributed by atoms with E-state index in [1.54, 1.807) is 30.3 Å². The molecule has 168 valence electrons. The third kappa shape index (κ3) is 5.09. The van der Waals surface area contributed by atoms with Gasteiger partial charge in [0.15, 0.2) is 0 Å². The number of nitrogens with zero attached hydrogens (tertiary/aromatic N) is 1. The number of piperidine rings is 1. The zero-order chi connectivity index (χ0) is 23.4. The van der Waals surface area contributed by atoms with Crippen molar-refractivity contribution in [2.45, 2.75) is 25.4 Å². The van der Waals surface area contributed by atoms with Crippen LogP contribution >= 0.6 is 0 Å². The maximum atomic E-state index is 12.8. The number of hydrogen-bond donors (Lipinski definition) is 4. The second-order valence-corrected chi connectivity index (χ2v) is 7.72. The highest BCUT2D eigenvalue weighted by atomic mass is 16.2. The molecule has 0 aliphatic carbocycles. The van der Waals surface area contributed by atoms with Gasteiger partial charge in [0, 0.05) is 29.7 Å². The van der Waals surface area contributed by atoms with Gasteiger partial charge in [-0.1, -0.05) is 36.9 Å². The largest absolute Gasteiger partial charge is 0.351 e. The molecule has 1 unspecified atom stereocenters. The Morgan fingerprint density at radius 1 is 1.06 bits per heavy atom. The highest BCUT2D eigenvalue weighted by molar-refractivity contribution is 6.19. The summed E-state index contributed by atoms with van der Waals surface area (Å²) in [5.74, 6) is -1.51.